The second-order valence-electron chi connectivity index (χ2n) is 10.7. The van der Waals surface area contributed by atoms with Crippen LogP contribution in [-0.2, 0) is 13.6 Å². The van der Waals surface area contributed by atoms with Gasteiger partial charge in [-0.1, -0.05) is 12.1 Å². The van der Waals surface area contributed by atoms with Crippen molar-refractivity contribution in [3.8, 4) is 11.3 Å². The molecule has 1 aliphatic carbocycles. The Hall–Kier alpha value is -4.10. The van der Waals surface area contributed by atoms with E-state index in [-0.39, 0.29) is 49.4 Å². The number of benzene rings is 1. The van der Waals surface area contributed by atoms with E-state index in [1.165, 1.54) is 0 Å². The van der Waals surface area contributed by atoms with Crippen molar-refractivity contribution in [2.24, 2.45) is 7.05 Å². The fourth-order valence-corrected chi connectivity index (χ4v) is 5.51. The van der Waals surface area contributed by atoms with Crippen LogP contribution in [0.15, 0.2) is 47.3 Å². The number of nitrogens with zero attached hydrogens (tertiary/aromatic N) is 7. The number of Topliss-reactive ketones (excluding diaryl/α,β-unsaturated/α-hetero) is 1. The summed E-state index contributed by atoms with van der Waals surface area (Å²) in [5.74, 6) is -3.25. The predicted molar refractivity (Wildman–Crippen MR) is 144 cm³/mol. The van der Waals surface area contributed by atoms with E-state index < -0.39 is 11.8 Å². The summed E-state index contributed by atoms with van der Waals surface area (Å²) in [6.07, 6.45) is 5.38. The van der Waals surface area contributed by atoms with Gasteiger partial charge < -0.3 is 14.8 Å². The standard InChI is InChI=1S/C28H30F2N8O3/c1-37-16-21(14-32-37)33-27-31-6-4-23(34-27)18-2-3-22-17(5-7-38(8-9-39)15-19(22)10-18)11-24(40)26-36-35-25(41-26)20-12-28(29,30)13-20/h2-4,6,10,14,16-17,20,39H,5,7-9,11-13,15H2,1H3,(H,31,33,34). The molecule has 214 valence electrons. The molecule has 1 unspecified atom stereocenters. The predicted octanol–water partition coefficient (Wildman–Crippen LogP) is 4.07. The lowest BCUT2D eigenvalue weighted by Gasteiger charge is -2.32. The number of nitrogens with one attached hydrogen (secondary N) is 1. The molecule has 1 saturated carbocycles. The van der Waals surface area contributed by atoms with Crippen molar-refractivity contribution in [3.05, 3.63) is 65.8 Å². The van der Waals surface area contributed by atoms with Gasteiger partial charge in [-0.05, 0) is 42.1 Å². The first-order chi connectivity index (χ1) is 19.8. The highest BCUT2D eigenvalue weighted by atomic mass is 19.3. The zero-order valence-electron chi connectivity index (χ0n) is 22.5. The van der Waals surface area contributed by atoms with Crippen LogP contribution in [0.4, 0.5) is 20.4 Å². The molecule has 1 fully saturated rings. The lowest BCUT2D eigenvalue weighted by molar-refractivity contribution is -0.0918. The van der Waals surface area contributed by atoms with Crippen molar-refractivity contribution in [1.82, 2.24) is 34.8 Å². The number of aryl methyl sites for hydroxylation is 1. The number of hydrogen-bond donors (Lipinski definition) is 2. The third-order valence-corrected chi connectivity index (χ3v) is 7.65. The zero-order chi connectivity index (χ0) is 28.6. The summed E-state index contributed by atoms with van der Waals surface area (Å²) in [4.78, 5) is 24.3. The van der Waals surface area contributed by atoms with Crippen molar-refractivity contribution < 1.29 is 23.1 Å². The Morgan fingerprint density at radius 1 is 1.24 bits per heavy atom. The summed E-state index contributed by atoms with van der Waals surface area (Å²) in [5, 5.41) is 24.7. The van der Waals surface area contributed by atoms with E-state index in [1.54, 1.807) is 17.1 Å². The van der Waals surface area contributed by atoms with Crippen molar-refractivity contribution in [3.63, 3.8) is 0 Å². The third-order valence-electron chi connectivity index (χ3n) is 7.65. The summed E-state index contributed by atoms with van der Waals surface area (Å²) >= 11 is 0. The molecule has 11 nitrogen and oxygen atoms in total. The second kappa shape index (κ2) is 11.1. The van der Waals surface area contributed by atoms with Gasteiger partial charge in [0.15, 0.2) is 0 Å². The third kappa shape index (κ3) is 6.00. The molecule has 0 bridgehead atoms. The number of carbonyl (C=O) groups excluding carboxylic acids is 1. The maximum Gasteiger partial charge on any atom is 0.284 e. The SMILES string of the molecule is Cn1cc(Nc2nccc(-c3ccc4c(c3)CN(CCO)CCC4CC(=O)c3nnc(C4CC(F)(F)C4)o3)n2)cn1. The molecule has 1 atom stereocenters. The first-order valence-electron chi connectivity index (χ1n) is 13.6. The molecule has 0 amide bonds. The number of hydrogen-bond acceptors (Lipinski definition) is 10. The molecule has 1 aliphatic heterocycles. The van der Waals surface area contributed by atoms with Gasteiger partial charge in [0.25, 0.3) is 5.89 Å². The Kier molecular flexibility index (Phi) is 7.30. The minimum atomic E-state index is -2.71. The molecule has 3 aromatic heterocycles. The van der Waals surface area contributed by atoms with E-state index in [2.05, 4.69) is 41.5 Å². The Morgan fingerprint density at radius 2 is 2.10 bits per heavy atom. The molecule has 4 heterocycles. The number of alkyl halides is 2. The first-order valence-corrected chi connectivity index (χ1v) is 13.6. The van der Waals surface area contributed by atoms with Crippen LogP contribution in [0.25, 0.3) is 11.3 Å². The summed E-state index contributed by atoms with van der Waals surface area (Å²) < 4.78 is 33.7. The lowest BCUT2D eigenvalue weighted by atomic mass is 9.81. The molecule has 6 rings (SSSR count). The van der Waals surface area contributed by atoms with Crippen LogP contribution in [0.5, 0.6) is 0 Å². The highest BCUT2D eigenvalue weighted by Crippen LogP contribution is 2.47. The second-order valence-corrected chi connectivity index (χ2v) is 10.7. The quantitative estimate of drug-likeness (QED) is 0.286. The van der Waals surface area contributed by atoms with Crippen LogP contribution in [0.1, 0.15) is 65.2 Å². The fourth-order valence-electron chi connectivity index (χ4n) is 5.51. The van der Waals surface area contributed by atoms with Crippen LogP contribution >= 0.6 is 0 Å². The summed E-state index contributed by atoms with van der Waals surface area (Å²) in [7, 11) is 1.83. The van der Waals surface area contributed by atoms with Crippen molar-refractivity contribution in [2.75, 3.05) is 25.0 Å². The number of aromatic nitrogens is 6. The number of halogens is 2. The largest absolute Gasteiger partial charge is 0.418 e. The molecule has 2 N–H and O–H groups in total. The molecule has 4 aromatic rings. The minimum absolute atomic E-state index is 0.0267. The Morgan fingerprint density at radius 3 is 2.85 bits per heavy atom. The van der Waals surface area contributed by atoms with Gasteiger partial charge in [0.05, 0.1) is 24.2 Å². The van der Waals surface area contributed by atoms with Gasteiger partial charge in [0.2, 0.25) is 23.5 Å². The molecule has 0 spiro atoms. The van der Waals surface area contributed by atoms with E-state index in [4.69, 9.17) is 4.42 Å². The Balaban J connectivity index is 1.23. The number of β-amino-alcohol motifs (C(OH)–C–C–N with tert-alkyl or cyclic N) is 1. The average Bonchev–Trinajstić information content (AvgIpc) is 3.55. The van der Waals surface area contributed by atoms with Gasteiger partial charge in [-0.25, -0.2) is 18.7 Å². The Labute approximate surface area is 234 Å². The molecule has 1 aromatic carbocycles. The molecule has 2 aliphatic rings. The number of aliphatic hydroxyl groups is 1. The lowest BCUT2D eigenvalue weighted by Crippen LogP contribution is -2.33. The summed E-state index contributed by atoms with van der Waals surface area (Å²) in [6, 6.07) is 7.91. The highest BCUT2D eigenvalue weighted by Gasteiger charge is 2.48. The van der Waals surface area contributed by atoms with E-state index in [9.17, 15) is 18.7 Å². The van der Waals surface area contributed by atoms with Crippen LogP contribution in [-0.4, -0.2) is 71.4 Å². The van der Waals surface area contributed by atoms with Gasteiger partial charge in [0, 0.05) is 63.3 Å². The van der Waals surface area contributed by atoms with E-state index in [0.29, 0.717) is 32.0 Å². The van der Waals surface area contributed by atoms with E-state index in [0.717, 1.165) is 28.1 Å². The van der Waals surface area contributed by atoms with Crippen molar-refractivity contribution >= 4 is 17.4 Å². The molecule has 41 heavy (non-hydrogen) atoms. The van der Waals surface area contributed by atoms with Gasteiger partial charge in [-0.15, -0.1) is 10.2 Å². The van der Waals surface area contributed by atoms with Crippen molar-refractivity contribution in [1.29, 1.82) is 0 Å². The van der Waals surface area contributed by atoms with Crippen LogP contribution in [0, 0.1) is 0 Å². The number of anilines is 2. The van der Waals surface area contributed by atoms with E-state index in [1.807, 2.05) is 31.4 Å². The molecular weight excluding hydrogens is 534 g/mol. The number of ketones is 1. The molecule has 0 radical (unpaired) electrons. The van der Waals surface area contributed by atoms with Crippen LogP contribution in [0.3, 0.4) is 0 Å². The highest BCUT2D eigenvalue weighted by molar-refractivity contribution is 5.92. The number of carbonyl (C=O) groups is 1. The van der Waals surface area contributed by atoms with Crippen molar-refractivity contribution in [2.45, 2.75) is 50.0 Å². The zero-order valence-corrected chi connectivity index (χ0v) is 22.5. The van der Waals surface area contributed by atoms with Crippen LogP contribution in [0.2, 0.25) is 0 Å². The number of aliphatic hydroxyl groups excluding tert-OH is 1. The maximum atomic E-state index is 13.3. The summed E-state index contributed by atoms with van der Waals surface area (Å²) in [5.41, 5.74) is 4.48. The van der Waals surface area contributed by atoms with Gasteiger partial charge in [0.1, 0.15) is 0 Å². The summed E-state index contributed by atoms with van der Waals surface area (Å²) in [6.45, 7) is 1.84. The van der Waals surface area contributed by atoms with E-state index >= 15 is 0 Å². The maximum absolute atomic E-state index is 13.3. The number of fused-ring (bicyclic) bond motifs is 1. The number of rotatable bonds is 9. The minimum Gasteiger partial charge on any atom is -0.418 e. The molecule has 0 saturated heterocycles. The van der Waals surface area contributed by atoms with Gasteiger partial charge in [-0.2, -0.15) is 5.10 Å². The fraction of sp³-hybridized carbons (Fsp3) is 0.429. The first kappa shape index (κ1) is 27.1. The molecular formula is C28H30F2N8O3. The monoisotopic (exact) mass is 564 g/mol. The normalized spacial score (nSPS) is 18.9. The van der Waals surface area contributed by atoms with Gasteiger partial charge >= 0.3 is 0 Å². The average molecular weight is 565 g/mol. The van der Waals surface area contributed by atoms with Crippen LogP contribution < -0.4 is 5.32 Å². The smallest absolute Gasteiger partial charge is 0.284 e. The topological polar surface area (TPSA) is 135 Å². The molecule has 13 heteroatoms. The Bertz CT molecular complexity index is 1550. The van der Waals surface area contributed by atoms with Gasteiger partial charge in [-0.3, -0.25) is 14.4 Å².